The average Bonchev–Trinajstić information content (AvgIpc) is 3.28. The fourth-order valence-electron chi connectivity index (χ4n) is 3.80. The maximum Gasteiger partial charge on any atom is 0.295 e. The van der Waals surface area contributed by atoms with Gasteiger partial charge in [0.15, 0.2) is 0 Å². The number of likely N-dealkylation sites (tertiary alicyclic amines) is 1. The fourth-order valence-corrected chi connectivity index (χ4v) is 5.08. The highest BCUT2D eigenvalue weighted by molar-refractivity contribution is 7.10. The summed E-state index contributed by atoms with van der Waals surface area (Å²) in [5, 5.41) is 13.5. The standard InChI is InChI=1S/C23H27ClN2O5S/c1-13-7-10-32-22(13)19-18(21(28)23(29)26(19)9-6-8-25(2)3)20(27)14-11-15(24)17(31-5)12-16(14)30-4/h7,10-12,19,27H,6,8-9H2,1-5H3/b20-18+. The first-order chi connectivity index (χ1) is 15.2. The van der Waals surface area contributed by atoms with Crippen molar-refractivity contribution < 1.29 is 24.2 Å². The smallest absolute Gasteiger partial charge is 0.295 e. The van der Waals surface area contributed by atoms with Crippen LogP contribution in [-0.4, -0.2) is 68.0 Å². The second-order valence-electron chi connectivity index (χ2n) is 7.80. The zero-order chi connectivity index (χ0) is 23.6. The molecule has 2 aromatic rings. The normalized spacial score (nSPS) is 18.0. The van der Waals surface area contributed by atoms with E-state index < -0.39 is 17.7 Å². The zero-order valence-corrected chi connectivity index (χ0v) is 20.3. The van der Waals surface area contributed by atoms with Crippen molar-refractivity contribution in [3.63, 3.8) is 0 Å². The Morgan fingerprint density at radius 2 is 1.91 bits per heavy atom. The predicted molar refractivity (Wildman–Crippen MR) is 126 cm³/mol. The summed E-state index contributed by atoms with van der Waals surface area (Å²) < 4.78 is 10.6. The van der Waals surface area contributed by atoms with Crippen LogP contribution in [0.1, 0.15) is 28.5 Å². The summed E-state index contributed by atoms with van der Waals surface area (Å²) in [5.74, 6) is -1.02. The molecule has 0 spiro atoms. The molecule has 1 saturated heterocycles. The summed E-state index contributed by atoms with van der Waals surface area (Å²) in [7, 11) is 6.82. The molecule has 1 fully saturated rings. The van der Waals surface area contributed by atoms with Crippen molar-refractivity contribution in [2.24, 2.45) is 0 Å². The molecular formula is C23H27ClN2O5S. The van der Waals surface area contributed by atoms with Crippen LogP contribution in [0.5, 0.6) is 11.5 Å². The molecule has 0 saturated carbocycles. The third-order valence-corrected chi connectivity index (χ3v) is 6.79. The lowest BCUT2D eigenvalue weighted by Gasteiger charge is -2.25. The van der Waals surface area contributed by atoms with Crippen molar-refractivity contribution in [1.82, 2.24) is 9.80 Å². The number of ketones is 1. The number of carbonyl (C=O) groups excluding carboxylic acids is 2. The maximum atomic E-state index is 13.1. The third-order valence-electron chi connectivity index (χ3n) is 5.42. The van der Waals surface area contributed by atoms with E-state index >= 15 is 0 Å². The number of halogens is 1. The van der Waals surface area contributed by atoms with Gasteiger partial charge in [-0.05, 0) is 57.1 Å². The minimum atomic E-state index is -0.723. The molecule has 0 bridgehead atoms. The van der Waals surface area contributed by atoms with Gasteiger partial charge >= 0.3 is 0 Å². The van der Waals surface area contributed by atoms with Crippen molar-refractivity contribution in [3.05, 3.63) is 50.2 Å². The molecule has 1 N–H and O–H groups in total. The van der Waals surface area contributed by atoms with Gasteiger partial charge in [-0.15, -0.1) is 11.3 Å². The Hall–Kier alpha value is -2.55. The Bertz CT molecular complexity index is 1060. The topological polar surface area (TPSA) is 79.3 Å². The number of nitrogens with zero attached hydrogens (tertiary/aromatic N) is 2. The highest BCUT2D eigenvalue weighted by atomic mass is 35.5. The molecule has 1 aliphatic rings. The van der Waals surface area contributed by atoms with E-state index in [2.05, 4.69) is 0 Å². The van der Waals surface area contributed by atoms with E-state index in [1.165, 1.54) is 37.7 Å². The van der Waals surface area contributed by atoms with Crippen molar-refractivity contribution in [3.8, 4) is 11.5 Å². The van der Waals surface area contributed by atoms with Gasteiger partial charge in [-0.3, -0.25) is 9.59 Å². The molecule has 1 unspecified atom stereocenters. The second-order valence-corrected chi connectivity index (χ2v) is 9.16. The second kappa shape index (κ2) is 9.94. The Labute approximate surface area is 196 Å². The zero-order valence-electron chi connectivity index (χ0n) is 18.8. The van der Waals surface area contributed by atoms with Gasteiger partial charge in [-0.2, -0.15) is 0 Å². The molecule has 1 aliphatic heterocycles. The molecule has 1 aromatic carbocycles. The lowest BCUT2D eigenvalue weighted by atomic mass is 9.97. The predicted octanol–water partition coefficient (Wildman–Crippen LogP) is 4.10. The van der Waals surface area contributed by atoms with Crippen LogP contribution in [0.15, 0.2) is 29.2 Å². The van der Waals surface area contributed by atoms with Gasteiger partial charge in [0.25, 0.3) is 11.7 Å². The lowest BCUT2D eigenvalue weighted by molar-refractivity contribution is -0.139. The number of aryl methyl sites for hydroxylation is 1. The van der Waals surface area contributed by atoms with Crippen LogP contribution in [0, 0.1) is 6.92 Å². The first-order valence-electron chi connectivity index (χ1n) is 10.1. The van der Waals surface area contributed by atoms with E-state index in [1.807, 2.05) is 37.4 Å². The Kier molecular flexibility index (Phi) is 7.48. The molecule has 1 amide bonds. The summed E-state index contributed by atoms with van der Waals surface area (Å²) in [4.78, 5) is 30.6. The van der Waals surface area contributed by atoms with Gasteiger partial charge < -0.3 is 24.4 Å². The van der Waals surface area contributed by atoms with Gasteiger partial charge in [0.1, 0.15) is 17.3 Å². The fraction of sp³-hybridized carbons (Fsp3) is 0.391. The van der Waals surface area contributed by atoms with Crippen LogP contribution in [0.4, 0.5) is 0 Å². The van der Waals surface area contributed by atoms with Gasteiger partial charge in [-0.25, -0.2) is 0 Å². The van der Waals surface area contributed by atoms with Gasteiger partial charge in [0.05, 0.1) is 36.4 Å². The number of aliphatic hydroxyl groups is 1. The van der Waals surface area contributed by atoms with Gasteiger partial charge in [0, 0.05) is 17.5 Å². The summed E-state index contributed by atoms with van der Waals surface area (Å²) >= 11 is 7.73. The molecule has 2 heterocycles. The average molecular weight is 479 g/mol. The van der Waals surface area contributed by atoms with Crippen LogP contribution in [-0.2, 0) is 9.59 Å². The van der Waals surface area contributed by atoms with Crippen molar-refractivity contribution >= 4 is 40.4 Å². The van der Waals surface area contributed by atoms with Crippen LogP contribution < -0.4 is 9.47 Å². The summed E-state index contributed by atoms with van der Waals surface area (Å²) in [5.41, 5.74) is 1.21. The molecule has 172 valence electrons. The minimum Gasteiger partial charge on any atom is -0.507 e. The Balaban J connectivity index is 2.17. The quantitative estimate of drug-likeness (QED) is 0.349. The molecule has 1 atom stereocenters. The number of hydrogen-bond acceptors (Lipinski definition) is 7. The maximum absolute atomic E-state index is 13.1. The highest BCUT2D eigenvalue weighted by Crippen LogP contribution is 2.45. The SMILES string of the molecule is COc1cc(OC)c(/C(O)=C2\C(=O)C(=O)N(CCCN(C)C)C2c2sccc2C)cc1Cl. The number of rotatable bonds is 8. The number of hydrogen-bond donors (Lipinski definition) is 1. The molecule has 0 aliphatic carbocycles. The number of ether oxygens (including phenoxy) is 2. The largest absolute Gasteiger partial charge is 0.507 e. The summed E-state index contributed by atoms with van der Waals surface area (Å²) in [6.45, 7) is 3.08. The van der Waals surface area contributed by atoms with Gasteiger partial charge in [0.2, 0.25) is 0 Å². The highest BCUT2D eigenvalue weighted by Gasteiger charge is 2.47. The number of benzene rings is 1. The number of aliphatic hydroxyl groups excluding tert-OH is 1. The summed E-state index contributed by atoms with van der Waals surface area (Å²) in [6, 6.07) is 4.27. The van der Waals surface area contributed by atoms with E-state index in [-0.39, 0.29) is 27.7 Å². The molecule has 3 rings (SSSR count). The molecule has 7 nitrogen and oxygen atoms in total. The number of carbonyl (C=O) groups is 2. The van der Waals surface area contributed by atoms with Gasteiger partial charge in [-0.1, -0.05) is 11.6 Å². The van der Waals surface area contributed by atoms with Crippen LogP contribution in [0.2, 0.25) is 5.02 Å². The molecule has 0 radical (unpaired) electrons. The minimum absolute atomic E-state index is 0.0323. The van der Waals surface area contributed by atoms with Crippen molar-refractivity contribution in [1.29, 1.82) is 0 Å². The van der Waals surface area contributed by atoms with Crippen molar-refractivity contribution in [2.75, 3.05) is 41.4 Å². The molecule has 32 heavy (non-hydrogen) atoms. The number of methoxy groups -OCH3 is 2. The van der Waals surface area contributed by atoms with E-state index in [4.69, 9.17) is 21.1 Å². The molecule has 1 aromatic heterocycles. The lowest BCUT2D eigenvalue weighted by Crippen LogP contribution is -2.32. The monoisotopic (exact) mass is 478 g/mol. The number of amides is 1. The molecule has 9 heteroatoms. The molecular weight excluding hydrogens is 452 g/mol. The number of Topliss-reactive ketones (excluding diaryl/α,β-unsaturated/α-hetero) is 1. The van der Waals surface area contributed by atoms with Crippen LogP contribution in [0.3, 0.4) is 0 Å². The van der Waals surface area contributed by atoms with Crippen molar-refractivity contribution in [2.45, 2.75) is 19.4 Å². The van der Waals surface area contributed by atoms with E-state index in [9.17, 15) is 14.7 Å². The van der Waals surface area contributed by atoms with E-state index in [0.717, 1.165) is 17.0 Å². The Morgan fingerprint density at radius 1 is 1.22 bits per heavy atom. The van der Waals surface area contributed by atoms with Crippen LogP contribution >= 0.6 is 22.9 Å². The first-order valence-corrected chi connectivity index (χ1v) is 11.4. The third kappa shape index (κ3) is 4.48. The van der Waals surface area contributed by atoms with Crippen LogP contribution in [0.25, 0.3) is 5.76 Å². The Morgan fingerprint density at radius 3 is 2.47 bits per heavy atom. The number of thiophene rings is 1. The van der Waals surface area contributed by atoms with E-state index in [0.29, 0.717) is 18.7 Å². The van der Waals surface area contributed by atoms with E-state index in [1.54, 1.807) is 4.90 Å². The summed E-state index contributed by atoms with van der Waals surface area (Å²) in [6.07, 6.45) is 0.693. The first kappa shape index (κ1) is 24.1.